The molecule has 2 heteroatoms. The molecular weight excluding hydrogens is 232 g/mol. The average molecular weight is 271 g/mol. The smallest absolute Gasteiger partial charge is 0.000934 e. The molecular formula is C17H38N2. The van der Waals surface area contributed by atoms with Crippen LogP contribution in [0, 0.1) is 5.92 Å². The third-order valence-electron chi connectivity index (χ3n) is 4.12. The molecule has 0 atom stereocenters. The van der Waals surface area contributed by atoms with Crippen LogP contribution in [0.25, 0.3) is 0 Å². The number of hydrogen-bond donors (Lipinski definition) is 1. The van der Waals surface area contributed by atoms with Crippen LogP contribution in [-0.2, 0) is 0 Å². The van der Waals surface area contributed by atoms with E-state index in [2.05, 4.69) is 37.9 Å². The van der Waals surface area contributed by atoms with E-state index in [9.17, 15) is 0 Å². The van der Waals surface area contributed by atoms with Gasteiger partial charge in [0.15, 0.2) is 0 Å². The Bertz CT molecular complexity index is 167. The summed E-state index contributed by atoms with van der Waals surface area (Å²) >= 11 is 0. The summed E-state index contributed by atoms with van der Waals surface area (Å²) in [6.07, 6.45) is 9.42. The fourth-order valence-electron chi connectivity index (χ4n) is 2.53. The second-order valence-electron chi connectivity index (χ2n) is 5.74. The molecule has 0 amide bonds. The predicted molar refractivity (Wildman–Crippen MR) is 87.8 cm³/mol. The largest absolute Gasteiger partial charge is 0.317 e. The van der Waals surface area contributed by atoms with Crippen molar-refractivity contribution in [2.75, 3.05) is 32.7 Å². The van der Waals surface area contributed by atoms with Crippen LogP contribution >= 0.6 is 0 Å². The van der Waals surface area contributed by atoms with Gasteiger partial charge in [-0.1, -0.05) is 53.4 Å². The Morgan fingerprint density at radius 1 is 0.842 bits per heavy atom. The first-order valence-electron chi connectivity index (χ1n) is 8.71. The number of unbranched alkanes of at least 4 members (excludes halogenated alkanes) is 3. The quantitative estimate of drug-likeness (QED) is 0.473. The summed E-state index contributed by atoms with van der Waals surface area (Å²) in [4.78, 5) is 2.65. The number of hydrogen-bond acceptors (Lipinski definition) is 2. The van der Waals surface area contributed by atoms with Crippen molar-refractivity contribution < 1.29 is 0 Å². The summed E-state index contributed by atoms with van der Waals surface area (Å²) in [7, 11) is 0. The lowest BCUT2D eigenvalue weighted by Gasteiger charge is -2.25. The van der Waals surface area contributed by atoms with Gasteiger partial charge < -0.3 is 10.2 Å². The Kier molecular flexibility index (Phi) is 14.3. The Morgan fingerprint density at radius 3 is 2.11 bits per heavy atom. The topological polar surface area (TPSA) is 15.3 Å². The highest BCUT2D eigenvalue weighted by Gasteiger charge is 2.09. The van der Waals surface area contributed by atoms with Crippen LogP contribution in [0.4, 0.5) is 0 Å². The molecule has 0 rings (SSSR count). The minimum atomic E-state index is 0.901. The van der Waals surface area contributed by atoms with Crippen molar-refractivity contribution in [3.8, 4) is 0 Å². The van der Waals surface area contributed by atoms with Crippen LogP contribution in [-0.4, -0.2) is 37.6 Å². The normalized spacial score (nSPS) is 11.7. The molecule has 0 aromatic heterocycles. The van der Waals surface area contributed by atoms with Gasteiger partial charge in [0.1, 0.15) is 0 Å². The molecule has 0 aromatic carbocycles. The molecule has 0 spiro atoms. The highest BCUT2D eigenvalue weighted by molar-refractivity contribution is 4.63. The van der Waals surface area contributed by atoms with E-state index >= 15 is 0 Å². The van der Waals surface area contributed by atoms with Gasteiger partial charge in [0, 0.05) is 6.54 Å². The molecule has 0 aromatic rings. The van der Waals surface area contributed by atoms with Crippen LogP contribution in [0.2, 0.25) is 0 Å². The maximum atomic E-state index is 3.48. The van der Waals surface area contributed by atoms with Gasteiger partial charge >= 0.3 is 0 Å². The highest BCUT2D eigenvalue weighted by atomic mass is 15.1. The lowest BCUT2D eigenvalue weighted by molar-refractivity contribution is 0.229. The predicted octanol–water partition coefficient (Wildman–Crippen LogP) is 4.30. The van der Waals surface area contributed by atoms with E-state index in [4.69, 9.17) is 0 Å². The summed E-state index contributed by atoms with van der Waals surface area (Å²) in [5.74, 6) is 0.901. The lowest BCUT2D eigenvalue weighted by Crippen LogP contribution is -2.30. The first kappa shape index (κ1) is 18.9. The van der Waals surface area contributed by atoms with Gasteiger partial charge in [-0.15, -0.1) is 0 Å². The molecule has 0 heterocycles. The van der Waals surface area contributed by atoms with Crippen molar-refractivity contribution in [3.05, 3.63) is 0 Å². The van der Waals surface area contributed by atoms with E-state index < -0.39 is 0 Å². The van der Waals surface area contributed by atoms with Gasteiger partial charge in [0.2, 0.25) is 0 Å². The van der Waals surface area contributed by atoms with Gasteiger partial charge in [-0.3, -0.25) is 0 Å². The minimum absolute atomic E-state index is 0.901. The summed E-state index contributed by atoms with van der Waals surface area (Å²) in [5.41, 5.74) is 0. The van der Waals surface area contributed by atoms with E-state index in [1.165, 1.54) is 77.7 Å². The third-order valence-corrected chi connectivity index (χ3v) is 4.12. The Balaban J connectivity index is 3.45. The van der Waals surface area contributed by atoms with Crippen LogP contribution in [0.3, 0.4) is 0 Å². The van der Waals surface area contributed by atoms with Crippen molar-refractivity contribution in [3.63, 3.8) is 0 Å². The first-order chi connectivity index (χ1) is 9.28. The molecule has 0 radical (unpaired) electrons. The molecule has 19 heavy (non-hydrogen) atoms. The summed E-state index contributed by atoms with van der Waals surface area (Å²) < 4.78 is 0. The SMILES string of the molecule is CCCNCCCCCCN(CC)CC(CC)CC. The average Bonchev–Trinajstić information content (AvgIpc) is 2.45. The molecule has 1 N–H and O–H groups in total. The molecule has 0 aliphatic rings. The van der Waals surface area contributed by atoms with Gasteiger partial charge in [0.25, 0.3) is 0 Å². The number of rotatable bonds is 14. The summed E-state index contributed by atoms with van der Waals surface area (Å²) in [6, 6.07) is 0. The van der Waals surface area contributed by atoms with Crippen LogP contribution in [0.15, 0.2) is 0 Å². The van der Waals surface area contributed by atoms with E-state index in [1.807, 2.05) is 0 Å². The monoisotopic (exact) mass is 270 g/mol. The first-order valence-corrected chi connectivity index (χ1v) is 8.71. The van der Waals surface area contributed by atoms with E-state index in [1.54, 1.807) is 0 Å². The van der Waals surface area contributed by atoms with Crippen LogP contribution in [0.5, 0.6) is 0 Å². The van der Waals surface area contributed by atoms with Crippen molar-refractivity contribution in [1.82, 2.24) is 10.2 Å². The standard InChI is InChI=1S/C17H38N2/c1-5-13-18-14-11-9-10-12-15-19(8-4)16-17(6-2)7-3/h17-18H,5-16H2,1-4H3. The fraction of sp³-hybridized carbons (Fsp3) is 1.00. The molecule has 116 valence electrons. The molecule has 0 aliphatic carbocycles. The van der Waals surface area contributed by atoms with Gasteiger partial charge in [0.05, 0.1) is 0 Å². The molecule has 2 nitrogen and oxygen atoms in total. The Labute approximate surface area is 122 Å². The third kappa shape index (κ3) is 11.4. The number of nitrogens with one attached hydrogen (secondary N) is 1. The summed E-state index contributed by atoms with van der Waals surface area (Å²) in [5, 5.41) is 3.48. The fourth-order valence-corrected chi connectivity index (χ4v) is 2.53. The zero-order chi connectivity index (χ0) is 14.3. The molecule has 0 saturated heterocycles. The Hall–Kier alpha value is -0.0800. The molecule has 0 saturated carbocycles. The minimum Gasteiger partial charge on any atom is -0.317 e. The van der Waals surface area contributed by atoms with Crippen molar-refractivity contribution >= 4 is 0 Å². The summed E-state index contributed by atoms with van der Waals surface area (Å²) in [6.45, 7) is 15.4. The van der Waals surface area contributed by atoms with Crippen molar-refractivity contribution in [2.24, 2.45) is 5.92 Å². The second kappa shape index (κ2) is 14.3. The van der Waals surface area contributed by atoms with E-state index in [0.29, 0.717) is 0 Å². The van der Waals surface area contributed by atoms with Crippen LogP contribution in [0.1, 0.15) is 72.6 Å². The van der Waals surface area contributed by atoms with Gasteiger partial charge in [-0.25, -0.2) is 0 Å². The molecule has 0 bridgehead atoms. The molecule has 0 aliphatic heterocycles. The maximum absolute atomic E-state index is 3.48. The highest BCUT2D eigenvalue weighted by Crippen LogP contribution is 2.11. The Morgan fingerprint density at radius 2 is 1.53 bits per heavy atom. The molecule has 0 unspecified atom stereocenters. The molecule has 0 fully saturated rings. The lowest BCUT2D eigenvalue weighted by atomic mass is 10.0. The zero-order valence-corrected chi connectivity index (χ0v) is 14.0. The van der Waals surface area contributed by atoms with E-state index in [0.717, 1.165) is 5.92 Å². The maximum Gasteiger partial charge on any atom is 0.000934 e. The number of nitrogens with zero attached hydrogens (tertiary/aromatic N) is 1. The zero-order valence-electron chi connectivity index (χ0n) is 14.0. The second-order valence-corrected chi connectivity index (χ2v) is 5.74. The van der Waals surface area contributed by atoms with Crippen LogP contribution < -0.4 is 5.32 Å². The van der Waals surface area contributed by atoms with Crippen molar-refractivity contribution in [2.45, 2.75) is 72.6 Å². The van der Waals surface area contributed by atoms with Gasteiger partial charge in [-0.05, 0) is 51.4 Å². The van der Waals surface area contributed by atoms with Gasteiger partial charge in [-0.2, -0.15) is 0 Å². The van der Waals surface area contributed by atoms with E-state index in [-0.39, 0.29) is 0 Å². The van der Waals surface area contributed by atoms with Crippen molar-refractivity contribution in [1.29, 1.82) is 0 Å².